The summed E-state index contributed by atoms with van der Waals surface area (Å²) >= 11 is 0. The second-order valence-electron chi connectivity index (χ2n) is 8.48. The number of aliphatic hydroxyl groups excluding tert-OH is 1. The molecule has 0 unspecified atom stereocenters. The Kier molecular flexibility index (Phi) is 11.9. The Morgan fingerprint density at radius 1 is 0.943 bits per heavy atom. The van der Waals surface area contributed by atoms with Gasteiger partial charge in [-0.25, -0.2) is 4.79 Å². The largest absolute Gasteiger partial charge is 0.508 e. The van der Waals surface area contributed by atoms with Gasteiger partial charge in [-0.1, -0.05) is 18.2 Å². The van der Waals surface area contributed by atoms with Crippen LogP contribution in [0.2, 0.25) is 0 Å². The first-order valence-electron chi connectivity index (χ1n) is 10.7. The third kappa shape index (κ3) is 10.0. The molecule has 0 aliphatic carbocycles. The van der Waals surface area contributed by atoms with E-state index in [2.05, 4.69) is 19.2 Å². The van der Waals surface area contributed by atoms with Gasteiger partial charge in [-0.05, 0) is 74.4 Å². The molecule has 0 bridgehead atoms. The maximum atomic E-state index is 10.9. The fourth-order valence-corrected chi connectivity index (χ4v) is 3.27. The molecule has 3 aromatic rings. The van der Waals surface area contributed by atoms with E-state index in [1.807, 2.05) is 24.3 Å². The van der Waals surface area contributed by atoms with E-state index in [4.69, 9.17) is 14.6 Å². The van der Waals surface area contributed by atoms with Crippen molar-refractivity contribution in [3.63, 3.8) is 0 Å². The minimum atomic E-state index is -0.973. The lowest BCUT2D eigenvalue weighted by Gasteiger charge is -2.28. The number of carboxylic acids is 1. The number of phenolic OH excluding ortho intramolecular Hbond substituents is 1. The van der Waals surface area contributed by atoms with Crippen LogP contribution in [0.1, 0.15) is 29.8 Å². The van der Waals surface area contributed by atoms with Gasteiger partial charge in [0, 0.05) is 18.2 Å². The normalized spacial score (nSPS) is 11.5. The number of hydrogen-bond acceptors (Lipinski definition) is 6. The van der Waals surface area contributed by atoms with Crippen molar-refractivity contribution in [1.82, 2.24) is 5.32 Å². The van der Waals surface area contributed by atoms with Crippen LogP contribution in [-0.4, -0.2) is 46.1 Å². The van der Waals surface area contributed by atoms with Crippen LogP contribution in [-0.2, 0) is 6.42 Å². The summed E-state index contributed by atoms with van der Waals surface area (Å²) in [7, 11) is 0. The molecule has 35 heavy (non-hydrogen) atoms. The number of halogens is 2. The average molecular weight is 524 g/mol. The third-order valence-electron chi connectivity index (χ3n) is 4.98. The summed E-state index contributed by atoms with van der Waals surface area (Å²) < 4.78 is 11.3. The zero-order chi connectivity index (χ0) is 23.8. The number of β-amino-alcohol motifs (C(OH)–C–C–N with tert-alkyl or cyclic N) is 1. The quantitative estimate of drug-likeness (QED) is 0.277. The molecule has 0 aromatic heterocycles. The zero-order valence-electron chi connectivity index (χ0n) is 19.5. The van der Waals surface area contributed by atoms with E-state index in [1.54, 1.807) is 30.3 Å². The molecule has 190 valence electrons. The second-order valence-corrected chi connectivity index (χ2v) is 8.48. The lowest BCUT2D eigenvalue weighted by Crippen LogP contribution is -2.46. The molecule has 0 amide bonds. The van der Waals surface area contributed by atoms with Gasteiger partial charge in [-0.15, -0.1) is 24.8 Å². The summed E-state index contributed by atoms with van der Waals surface area (Å²) in [5.41, 5.74) is 1.05. The third-order valence-corrected chi connectivity index (χ3v) is 4.98. The number of aliphatic hydroxyl groups is 1. The lowest BCUT2D eigenvalue weighted by molar-refractivity contribution is 0.0697. The number of carbonyl (C=O) groups is 1. The van der Waals surface area contributed by atoms with Crippen molar-refractivity contribution in [2.45, 2.75) is 31.9 Å². The molecule has 0 aliphatic heterocycles. The Morgan fingerprint density at radius 3 is 2.11 bits per heavy atom. The maximum Gasteiger partial charge on any atom is 0.335 e. The van der Waals surface area contributed by atoms with Crippen molar-refractivity contribution in [1.29, 1.82) is 0 Å². The molecular weight excluding hydrogens is 493 g/mol. The first-order valence-corrected chi connectivity index (χ1v) is 10.7. The predicted octanol–water partition coefficient (Wildman–Crippen LogP) is 5.08. The molecule has 0 saturated heterocycles. The van der Waals surface area contributed by atoms with Gasteiger partial charge in [-0.3, -0.25) is 0 Å². The molecule has 0 spiro atoms. The fourth-order valence-electron chi connectivity index (χ4n) is 3.27. The van der Waals surface area contributed by atoms with Crippen molar-refractivity contribution in [3.05, 3.63) is 83.9 Å². The van der Waals surface area contributed by atoms with Crippen molar-refractivity contribution in [2.75, 3.05) is 13.2 Å². The standard InChI is InChI=1S/C26H29NO6.2ClH/c1-26(2,27-16-21(29)17-32-24-5-3-4-20(28)14-24)15-18-6-10-22(11-7-18)33-23-12-8-19(9-13-23)25(30)31;;/h3-14,21,27-29H,15-17H2,1-2H3,(H,30,31);2*1H/t21-;;/m0../s1. The van der Waals surface area contributed by atoms with Gasteiger partial charge >= 0.3 is 5.97 Å². The van der Waals surface area contributed by atoms with Crippen LogP contribution in [0.15, 0.2) is 72.8 Å². The Bertz CT molecular complexity index is 1060. The number of rotatable bonds is 11. The number of aromatic hydroxyl groups is 1. The highest BCUT2D eigenvalue weighted by Gasteiger charge is 2.19. The molecule has 4 N–H and O–H groups in total. The summed E-state index contributed by atoms with van der Waals surface area (Å²) in [5, 5.41) is 32.0. The molecule has 9 heteroatoms. The smallest absolute Gasteiger partial charge is 0.335 e. The highest BCUT2D eigenvalue weighted by atomic mass is 35.5. The monoisotopic (exact) mass is 523 g/mol. The molecule has 3 aromatic carbocycles. The van der Waals surface area contributed by atoms with Crippen molar-refractivity contribution in [3.8, 4) is 23.0 Å². The first kappa shape index (κ1) is 30.1. The molecule has 0 saturated carbocycles. The number of carboxylic acid groups (broad SMARTS) is 1. The van der Waals surface area contributed by atoms with Crippen LogP contribution < -0.4 is 14.8 Å². The molecule has 1 atom stereocenters. The minimum absolute atomic E-state index is 0. The number of hydrogen-bond donors (Lipinski definition) is 4. The van der Waals surface area contributed by atoms with E-state index in [0.29, 0.717) is 23.8 Å². The SMILES string of the molecule is CC(C)(Cc1ccc(Oc2ccc(C(=O)O)cc2)cc1)NC[C@H](O)COc1cccc(O)c1.Cl.Cl. The van der Waals surface area contributed by atoms with Crippen LogP contribution in [0.25, 0.3) is 0 Å². The first-order chi connectivity index (χ1) is 15.7. The number of benzene rings is 3. The van der Waals surface area contributed by atoms with Gasteiger partial charge in [-0.2, -0.15) is 0 Å². The summed E-state index contributed by atoms with van der Waals surface area (Å²) in [6, 6.07) is 20.4. The molecule has 7 nitrogen and oxygen atoms in total. The van der Waals surface area contributed by atoms with Gasteiger partial charge < -0.3 is 30.1 Å². The Morgan fingerprint density at radius 2 is 1.54 bits per heavy atom. The molecule has 3 rings (SSSR count). The van der Waals surface area contributed by atoms with Crippen LogP contribution in [0.4, 0.5) is 0 Å². The van der Waals surface area contributed by atoms with Crippen LogP contribution in [0.3, 0.4) is 0 Å². The van der Waals surface area contributed by atoms with E-state index in [9.17, 15) is 15.0 Å². The van der Waals surface area contributed by atoms with E-state index in [1.165, 1.54) is 18.2 Å². The molecule has 0 radical (unpaired) electrons. The van der Waals surface area contributed by atoms with Gasteiger partial charge in [0.1, 0.15) is 35.7 Å². The Labute approximate surface area is 217 Å². The Hall–Kier alpha value is -2.97. The second kappa shape index (κ2) is 13.8. The van der Waals surface area contributed by atoms with Crippen molar-refractivity contribution >= 4 is 30.8 Å². The molecule has 0 fully saturated rings. The van der Waals surface area contributed by atoms with Crippen molar-refractivity contribution < 1.29 is 29.6 Å². The number of aromatic carboxylic acids is 1. The summed E-state index contributed by atoms with van der Waals surface area (Å²) in [5.74, 6) is 0.879. The fraction of sp³-hybridized carbons (Fsp3) is 0.269. The van der Waals surface area contributed by atoms with Gasteiger partial charge in [0.25, 0.3) is 0 Å². The maximum absolute atomic E-state index is 10.9. The molecule has 0 aliphatic rings. The summed E-state index contributed by atoms with van der Waals surface area (Å²) in [6.45, 7) is 4.60. The average Bonchev–Trinajstić information content (AvgIpc) is 2.78. The number of nitrogens with one attached hydrogen (secondary N) is 1. The van der Waals surface area contributed by atoms with Gasteiger partial charge in [0.15, 0.2) is 0 Å². The van der Waals surface area contributed by atoms with Crippen LogP contribution >= 0.6 is 24.8 Å². The highest BCUT2D eigenvalue weighted by Crippen LogP contribution is 2.23. The minimum Gasteiger partial charge on any atom is -0.508 e. The number of ether oxygens (including phenoxy) is 2. The van der Waals surface area contributed by atoms with E-state index >= 15 is 0 Å². The molecule has 0 heterocycles. The Balaban J connectivity index is 0.00000306. The van der Waals surface area contributed by atoms with E-state index < -0.39 is 12.1 Å². The van der Waals surface area contributed by atoms with Crippen LogP contribution in [0, 0.1) is 0 Å². The van der Waals surface area contributed by atoms with Crippen molar-refractivity contribution in [2.24, 2.45) is 0 Å². The predicted molar refractivity (Wildman–Crippen MR) is 140 cm³/mol. The molecular formula is C26H31Cl2NO6. The van der Waals surface area contributed by atoms with E-state index in [-0.39, 0.29) is 48.3 Å². The summed E-state index contributed by atoms with van der Waals surface area (Å²) in [4.78, 5) is 10.9. The lowest BCUT2D eigenvalue weighted by atomic mass is 9.94. The van der Waals surface area contributed by atoms with Gasteiger partial charge in [0.05, 0.1) is 5.56 Å². The zero-order valence-corrected chi connectivity index (χ0v) is 21.1. The highest BCUT2D eigenvalue weighted by molar-refractivity contribution is 5.87. The van der Waals surface area contributed by atoms with Gasteiger partial charge in [0.2, 0.25) is 0 Å². The topological polar surface area (TPSA) is 108 Å². The number of phenols is 1. The van der Waals surface area contributed by atoms with Crippen LogP contribution in [0.5, 0.6) is 23.0 Å². The van der Waals surface area contributed by atoms with E-state index in [0.717, 1.165) is 12.0 Å². The summed E-state index contributed by atoms with van der Waals surface area (Å²) in [6.07, 6.45) is 0.0377.